The first kappa shape index (κ1) is 17.7. The summed E-state index contributed by atoms with van der Waals surface area (Å²) < 4.78 is 26.4. The fraction of sp³-hybridized carbons (Fsp3) is 0.571. The number of nitrogens with one attached hydrogen (secondary N) is 2. The quantitative estimate of drug-likeness (QED) is 0.545. The number of anilines is 2. The van der Waals surface area contributed by atoms with Gasteiger partial charge in [0.25, 0.3) is 0 Å². The summed E-state index contributed by atoms with van der Waals surface area (Å²) in [7, 11) is -3.52. The summed E-state index contributed by atoms with van der Waals surface area (Å²) in [4.78, 5) is 0.151. The maximum absolute atomic E-state index is 12.0. The summed E-state index contributed by atoms with van der Waals surface area (Å²) in [6.45, 7) is 6.16. The van der Waals surface area contributed by atoms with Gasteiger partial charge in [0.1, 0.15) is 0 Å². The molecule has 0 saturated carbocycles. The molecule has 0 radical (unpaired) electrons. The molecule has 0 amide bonds. The van der Waals surface area contributed by atoms with Crippen LogP contribution >= 0.6 is 0 Å². The summed E-state index contributed by atoms with van der Waals surface area (Å²) in [5, 5.41) is 13.3. The van der Waals surface area contributed by atoms with Crippen molar-refractivity contribution in [1.29, 1.82) is 0 Å². The molecule has 6 nitrogen and oxygen atoms in total. The van der Waals surface area contributed by atoms with Crippen molar-refractivity contribution in [3.8, 4) is 0 Å². The maximum atomic E-state index is 12.0. The van der Waals surface area contributed by atoms with Crippen LogP contribution in [-0.4, -0.2) is 32.2 Å². The fourth-order valence-electron chi connectivity index (χ4n) is 1.89. The van der Waals surface area contributed by atoms with E-state index in [9.17, 15) is 13.5 Å². The topological polar surface area (TPSA) is 104 Å². The Balaban J connectivity index is 2.99. The van der Waals surface area contributed by atoms with Gasteiger partial charge in [-0.15, -0.1) is 0 Å². The van der Waals surface area contributed by atoms with Crippen LogP contribution in [0.1, 0.15) is 33.6 Å². The monoisotopic (exact) mass is 315 g/mol. The minimum atomic E-state index is -3.52. The van der Waals surface area contributed by atoms with E-state index in [1.807, 2.05) is 13.8 Å². The number of nitrogen functional groups attached to an aromatic ring is 1. The van der Waals surface area contributed by atoms with Crippen molar-refractivity contribution in [3.63, 3.8) is 0 Å². The molecule has 0 unspecified atom stereocenters. The summed E-state index contributed by atoms with van der Waals surface area (Å²) in [5.74, 6) is 0. The van der Waals surface area contributed by atoms with Crippen LogP contribution in [0.15, 0.2) is 23.1 Å². The lowest BCUT2D eigenvalue weighted by Gasteiger charge is -2.26. The third-order valence-corrected chi connectivity index (χ3v) is 5.14. The molecular formula is C14H25N3O3S. The van der Waals surface area contributed by atoms with Crippen molar-refractivity contribution in [3.05, 3.63) is 18.2 Å². The van der Waals surface area contributed by atoms with Crippen LogP contribution in [0.2, 0.25) is 0 Å². The molecule has 0 aromatic heterocycles. The normalized spacial score (nSPS) is 12.4. The van der Waals surface area contributed by atoms with E-state index in [2.05, 4.69) is 10.0 Å². The summed E-state index contributed by atoms with van der Waals surface area (Å²) in [6, 6.07) is 4.49. The van der Waals surface area contributed by atoms with Gasteiger partial charge in [0.2, 0.25) is 10.0 Å². The predicted molar refractivity (Wildman–Crippen MR) is 85.7 cm³/mol. The van der Waals surface area contributed by atoms with Gasteiger partial charge in [-0.25, -0.2) is 13.1 Å². The first-order valence-electron chi connectivity index (χ1n) is 7.13. The van der Waals surface area contributed by atoms with Crippen LogP contribution in [-0.2, 0) is 10.0 Å². The zero-order chi connectivity index (χ0) is 16.1. The molecule has 1 aromatic rings. The van der Waals surface area contributed by atoms with Gasteiger partial charge in [-0.2, -0.15) is 0 Å². The van der Waals surface area contributed by atoms with Crippen LogP contribution in [0.5, 0.6) is 0 Å². The average Bonchev–Trinajstić information content (AvgIpc) is 2.45. The molecule has 21 heavy (non-hydrogen) atoms. The molecule has 0 aliphatic heterocycles. The lowest BCUT2D eigenvalue weighted by Crippen LogP contribution is -2.35. The molecule has 0 atom stereocenters. The van der Waals surface area contributed by atoms with E-state index >= 15 is 0 Å². The number of benzene rings is 1. The molecule has 0 spiro atoms. The van der Waals surface area contributed by atoms with Crippen LogP contribution in [0, 0.1) is 0 Å². The molecule has 7 heteroatoms. The van der Waals surface area contributed by atoms with Crippen molar-refractivity contribution in [1.82, 2.24) is 4.72 Å². The van der Waals surface area contributed by atoms with Gasteiger partial charge < -0.3 is 16.2 Å². The van der Waals surface area contributed by atoms with Crippen molar-refractivity contribution < 1.29 is 13.5 Å². The standard InChI is InChI=1S/C14H25N3O3S/c1-4-14(18,5-2)10-16-13-9-11(7-8-12(13)15)21(19,20)17-6-3/h7-9,16-18H,4-6,10,15H2,1-3H3. The van der Waals surface area contributed by atoms with Gasteiger partial charge >= 0.3 is 0 Å². The Labute approximate surface area is 126 Å². The van der Waals surface area contributed by atoms with Crippen molar-refractivity contribution in [2.75, 3.05) is 24.1 Å². The molecule has 5 N–H and O–H groups in total. The van der Waals surface area contributed by atoms with Gasteiger partial charge in [-0.05, 0) is 31.0 Å². The maximum Gasteiger partial charge on any atom is 0.240 e. The van der Waals surface area contributed by atoms with Gasteiger partial charge in [0, 0.05) is 13.1 Å². The number of nitrogens with two attached hydrogens (primary N) is 1. The van der Waals surface area contributed by atoms with Crippen molar-refractivity contribution in [2.45, 2.75) is 44.1 Å². The smallest absolute Gasteiger partial charge is 0.240 e. The third kappa shape index (κ3) is 4.59. The first-order valence-corrected chi connectivity index (χ1v) is 8.61. The average molecular weight is 315 g/mol. The highest BCUT2D eigenvalue weighted by Crippen LogP contribution is 2.24. The van der Waals surface area contributed by atoms with E-state index in [1.54, 1.807) is 13.0 Å². The molecule has 0 bridgehead atoms. The van der Waals surface area contributed by atoms with E-state index < -0.39 is 15.6 Å². The molecule has 0 heterocycles. The third-order valence-electron chi connectivity index (χ3n) is 3.59. The highest BCUT2D eigenvalue weighted by Gasteiger charge is 2.22. The zero-order valence-corrected chi connectivity index (χ0v) is 13.6. The van der Waals surface area contributed by atoms with Crippen molar-refractivity contribution in [2.24, 2.45) is 0 Å². The fourth-order valence-corrected chi connectivity index (χ4v) is 2.96. The molecule has 0 aliphatic carbocycles. The number of hydrogen-bond acceptors (Lipinski definition) is 5. The van der Waals surface area contributed by atoms with Gasteiger partial charge in [-0.1, -0.05) is 20.8 Å². The van der Waals surface area contributed by atoms with Crippen LogP contribution in [0.4, 0.5) is 11.4 Å². The second-order valence-electron chi connectivity index (χ2n) is 5.04. The molecular weight excluding hydrogens is 290 g/mol. The Kier molecular flexibility index (Phi) is 6.00. The van der Waals surface area contributed by atoms with Gasteiger partial charge in [0.05, 0.1) is 21.9 Å². The number of rotatable bonds is 8. The van der Waals surface area contributed by atoms with Crippen LogP contribution in [0.25, 0.3) is 0 Å². The molecule has 1 rings (SSSR count). The lowest BCUT2D eigenvalue weighted by atomic mass is 9.97. The molecule has 0 aliphatic rings. The number of aliphatic hydroxyl groups is 1. The highest BCUT2D eigenvalue weighted by molar-refractivity contribution is 7.89. The van der Waals surface area contributed by atoms with Gasteiger partial charge in [0.15, 0.2) is 0 Å². The Morgan fingerprint density at radius 1 is 1.24 bits per heavy atom. The number of hydrogen-bond donors (Lipinski definition) is 4. The molecule has 0 saturated heterocycles. The summed E-state index contributed by atoms with van der Waals surface area (Å²) >= 11 is 0. The Morgan fingerprint density at radius 3 is 2.38 bits per heavy atom. The van der Waals surface area contributed by atoms with Crippen LogP contribution < -0.4 is 15.8 Å². The number of sulfonamides is 1. The minimum Gasteiger partial charge on any atom is -0.397 e. The van der Waals surface area contributed by atoms with E-state index in [1.165, 1.54) is 12.1 Å². The Morgan fingerprint density at radius 2 is 1.86 bits per heavy atom. The molecule has 120 valence electrons. The second kappa shape index (κ2) is 7.11. The molecule has 0 fully saturated rings. The zero-order valence-electron chi connectivity index (χ0n) is 12.8. The van der Waals surface area contributed by atoms with E-state index in [-0.39, 0.29) is 4.90 Å². The lowest BCUT2D eigenvalue weighted by molar-refractivity contribution is 0.0457. The molecule has 1 aromatic carbocycles. The summed E-state index contributed by atoms with van der Waals surface area (Å²) in [6.07, 6.45) is 1.21. The minimum absolute atomic E-state index is 0.151. The van der Waals surface area contributed by atoms with E-state index in [0.29, 0.717) is 37.3 Å². The Bertz CT molecular complexity index is 569. The summed E-state index contributed by atoms with van der Waals surface area (Å²) in [5.41, 5.74) is 5.98. The van der Waals surface area contributed by atoms with Crippen LogP contribution in [0.3, 0.4) is 0 Å². The van der Waals surface area contributed by atoms with E-state index in [0.717, 1.165) is 0 Å². The van der Waals surface area contributed by atoms with E-state index in [4.69, 9.17) is 5.73 Å². The Hall–Kier alpha value is -1.31. The predicted octanol–water partition coefficient (Wildman–Crippen LogP) is 1.53. The SMILES string of the molecule is CCNS(=O)(=O)c1ccc(N)c(NCC(O)(CC)CC)c1. The van der Waals surface area contributed by atoms with Gasteiger partial charge in [-0.3, -0.25) is 0 Å². The van der Waals surface area contributed by atoms with Crippen molar-refractivity contribution >= 4 is 21.4 Å². The largest absolute Gasteiger partial charge is 0.397 e. The first-order chi connectivity index (χ1) is 9.78. The highest BCUT2D eigenvalue weighted by atomic mass is 32.2. The second-order valence-corrected chi connectivity index (χ2v) is 6.80.